The Kier molecular flexibility index (Phi) is 2.62. The van der Waals surface area contributed by atoms with Gasteiger partial charge in [0.2, 0.25) is 11.8 Å². The topological polar surface area (TPSA) is 98.6 Å². The Morgan fingerprint density at radius 3 is 2.80 bits per heavy atom. The van der Waals surface area contributed by atoms with Gasteiger partial charge in [-0.05, 0) is 19.3 Å². The molecular weight excluding hydrogens is 198 g/mol. The molecule has 0 aromatic rings. The van der Waals surface area contributed by atoms with Gasteiger partial charge in [0.15, 0.2) is 0 Å². The summed E-state index contributed by atoms with van der Waals surface area (Å²) in [5.74, 6) is -0.706. The van der Waals surface area contributed by atoms with Gasteiger partial charge >= 0.3 is 0 Å². The van der Waals surface area contributed by atoms with Crippen LogP contribution in [-0.2, 0) is 14.3 Å². The van der Waals surface area contributed by atoms with Gasteiger partial charge in [-0.2, -0.15) is 0 Å². The van der Waals surface area contributed by atoms with Gasteiger partial charge < -0.3 is 21.1 Å². The number of fused-ring (bicyclic) bond motifs is 1. The second-order valence-electron chi connectivity index (χ2n) is 3.96. The van der Waals surface area contributed by atoms with Crippen molar-refractivity contribution in [1.82, 2.24) is 4.90 Å². The summed E-state index contributed by atoms with van der Waals surface area (Å²) in [6, 6.07) is -1.12. The fourth-order valence-electron chi connectivity index (χ4n) is 2.16. The van der Waals surface area contributed by atoms with Crippen LogP contribution in [0.15, 0.2) is 0 Å². The Hall–Kier alpha value is -1.14. The second kappa shape index (κ2) is 3.79. The van der Waals surface area contributed by atoms with E-state index < -0.39 is 18.0 Å². The number of ether oxygens (including phenoxy) is 1. The maximum atomic E-state index is 11.9. The van der Waals surface area contributed by atoms with Crippen LogP contribution in [0.2, 0.25) is 0 Å². The fourth-order valence-corrected chi connectivity index (χ4v) is 2.16. The zero-order chi connectivity index (χ0) is 11.0. The van der Waals surface area contributed by atoms with E-state index in [0.29, 0.717) is 25.9 Å². The SMILES string of the molecule is NC(=O)C1CCC2OCCC(N)C(=O)N21. The van der Waals surface area contributed by atoms with Crippen LogP contribution in [0, 0.1) is 0 Å². The maximum absolute atomic E-state index is 11.9. The summed E-state index contributed by atoms with van der Waals surface area (Å²) >= 11 is 0. The van der Waals surface area contributed by atoms with Gasteiger partial charge in [-0.1, -0.05) is 0 Å². The molecule has 6 heteroatoms. The van der Waals surface area contributed by atoms with Crippen LogP contribution in [0.5, 0.6) is 0 Å². The number of nitrogens with zero attached hydrogens (tertiary/aromatic N) is 1. The molecule has 2 aliphatic rings. The fraction of sp³-hybridized carbons (Fsp3) is 0.778. The lowest BCUT2D eigenvalue weighted by molar-refractivity contribution is -0.146. The molecule has 84 valence electrons. The minimum Gasteiger partial charge on any atom is -0.368 e. The first kappa shape index (κ1) is 10.4. The van der Waals surface area contributed by atoms with Crippen LogP contribution in [0.3, 0.4) is 0 Å². The summed E-state index contributed by atoms with van der Waals surface area (Å²) in [5.41, 5.74) is 10.9. The van der Waals surface area contributed by atoms with Gasteiger partial charge in [0, 0.05) is 0 Å². The van der Waals surface area contributed by atoms with Gasteiger partial charge in [0.25, 0.3) is 0 Å². The van der Waals surface area contributed by atoms with Gasteiger partial charge in [0.1, 0.15) is 12.3 Å². The molecule has 0 aromatic carbocycles. The number of hydrogen-bond donors (Lipinski definition) is 2. The van der Waals surface area contributed by atoms with Crippen molar-refractivity contribution in [2.45, 2.75) is 37.6 Å². The number of primary amides is 1. The summed E-state index contributed by atoms with van der Waals surface area (Å²) in [6.07, 6.45) is 1.41. The standard InChI is InChI=1S/C9H15N3O3/c10-5-3-4-15-7-2-1-6(8(11)13)12(7)9(5)14/h5-7H,1-4,10H2,(H2,11,13). The van der Waals surface area contributed by atoms with Crippen LogP contribution in [0.4, 0.5) is 0 Å². The first-order valence-electron chi connectivity index (χ1n) is 5.10. The molecule has 2 fully saturated rings. The molecule has 0 saturated carbocycles. The first-order chi connectivity index (χ1) is 7.11. The van der Waals surface area contributed by atoms with Crippen molar-refractivity contribution >= 4 is 11.8 Å². The molecule has 3 unspecified atom stereocenters. The van der Waals surface area contributed by atoms with Crippen LogP contribution in [0.25, 0.3) is 0 Å². The molecule has 15 heavy (non-hydrogen) atoms. The van der Waals surface area contributed by atoms with E-state index in [0.717, 1.165) is 0 Å². The number of carbonyl (C=O) groups excluding carboxylic acids is 2. The number of nitrogens with two attached hydrogens (primary N) is 2. The van der Waals surface area contributed by atoms with Crippen molar-refractivity contribution in [3.8, 4) is 0 Å². The molecule has 0 aromatic heterocycles. The molecule has 2 rings (SSSR count). The van der Waals surface area contributed by atoms with Crippen LogP contribution in [0.1, 0.15) is 19.3 Å². The maximum Gasteiger partial charge on any atom is 0.242 e. The number of amides is 2. The average Bonchev–Trinajstić information content (AvgIpc) is 2.55. The highest BCUT2D eigenvalue weighted by Gasteiger charge is 2.43. The van der Waals surface area contributed by atoms with E-state index in [1.807, 2.05) is 0 Å². The van der Waals surface area contributed by atoms with E-state index in [9.17, 15) is 9.59 Å². The largest absolute Gasteiger partial charge is 0.368 e. The molecule has 6 nitrogen and oxygen atoms in total. The van der Waals surface area contributed by atoms with E-state index >= 15 is 0 Å². The predicted molar refractivity (Wildman–Crippen MR) is 51.4 cm³/mol. The van der Waals surface area contributed by atoms with Crippen LogP contribution >= 0.6 is 0 Å². The van der Waals surface area contributed by atoms with E-state index in [1.165, 1.54) is 4.90 Å². The molecule has 4 N–H and O–H groups in total. The van der Waals surface area contributed by atoms with Crippen molar-refractivity contribution < 1.29 is 14.3 Å². The summed E-state index contributed by atoms with van der Waals surface area (Å²) < 4.78 is 5.47. The molecule has 2 amide bonds. The lowest BCUT2D eigenvalue weighted by atomic mass is 10.1. The third-order valence-electron chi connectivity index (χ3n) is 2.97. The Morgan fingerprint density at radius 1 is 1.40 bits per heavy atom. The lowest BCUT2D eigenvalue weighted by Crippen LogP contribution is -2.51. The molecule has 2 saturated heterocycles. The van der Waals surface area contributed by atoms with Gasteiger partial charge in [-0.25, -0.2) is 0 Å². The predicted octanol–water partition coefficient (Wildman–Crippen LogP) is -1.46. The number of carbonyl (C=O) groups is 2. The molecule has 3 atom stereocenters. The molecule has 2 aliphatic heterocycles. The molecule has 0 spiro atoms. The summed E-state index contributed by atoms with van der Waals surface area (Å²) in [7, 11) is 0. The van der Waals surface area contributed by atoms with Crippen molar-refractivity contribution in [1.29, 1.82) is 0 Å². The Balaban J connectivity index is 2.23. The monoisotopic (exact) mass is 213 g/mol. The average molecular weight is 213 g/mol. The minimum absolute atomic E-state index is 0.223. The highest BCUT2D eigenvalue weighted by molar-refractivity contribution is 5.89. The summed E-state index contributed by atoms with van der Waals surface area (Å²) in [4.78, 5) is 24.4. The second-order valence-corrected chi connectivity index (χ2v) is 3.96. The van der Waals surface area contributed by atoms with E-state index in [1.54, 1.807) is 0 Å². The molecule has 0 aliphatic carbocycles. The minimum atomic E-state index is -0.574. The number of rotatable bonds is 1. The summed E-state index contributed by atoms with van der Waals surface area (Å²) in [6.45, 7) is 0.458. The zero-order valence-electron chi connectivity index (χ0n) is 8.39. The van der Waals surface area contributed by atoms with Crippen LogP contribution < -0.4 is 11.5 Å². The van der Waals surface area contributed by atoms with Crippen molar-refractivity contribution in [2.24, 2.45) is 11.5 Å². The van der Waals surface area contributed by atoms with Crippen LogP contribution in [-0.4, -0.2) is 41.6 Å². The summed E-state index contributed by atoms with van der Waals surface area (Å²) in [5, 5.41) is 0. The smallest absolute Gasteiger partial charge is 0.242 e. The Bertz CT molecular complexity index is 294. The van der Waals surface area contributed by atoms with Crippen molar-refractivity contribution in [2.75, 3.05) is 6.61 Å². The molecule has 0 radical (unpaired) electrons. The van der Waals surface area contributed by atoms with E-state index in [-0.39, 0.29) is 12.1 Å². The van der Waals surface area contributed by atoms with Crippen molar-refractivity contribution in [3.63, 3.8) is 0 Å². The zero-order valence-corrected chi connectivity index (χ0v) is 8.39. The van der Waals surface area contributed by atoms with Gasteiger partial charge in [-0.15, -0.1) is 0 Å². The van der Waals surface area contributed by atoms with E-state index in [4.69, 9.17) is 16.2 Å². The lowest BCUT2D eigenvalue weighted by Gasteiger charge is -2.27. The molecular formula is C9H15N3O3. The molecule has 0 bridgehead atoms. The van der Waals surface area contributed by atoms with E-state index in [2.05, 4.69) is 0 Å². The first-order valence-corrected chi connectivity index (χ1v) is 5.10. The highest BCUT2D eigenvalue weighted by atomic mass is 16.5. The highest BCUT2D eigenvalue weighted by Crippen LogP contribution is 2.27. The Morgan fingerprint density at radius 2 is 2.13 bits per heavy atom. The Labute approximate surface area is 87.5 Å². The third-order valence-corrected chi connectivity index (χ3v) is 2.97. The third kappa shape index (κ3) is 1.70. The van der Waals surface area contributed by atoms with Gasteiger partial charge in [-0.3, -0.25) is 9.59 Å². The van der Waals surface area contributed by atoms with Crippen molar-refractivity contribution in [3.05, 3.63) is 0 Å². The quantitative estimate of drug-likeness (QED) is 0.556. The molecule has 2 heterocycles. The normalized spacial score (nSPS) is 36.2. The number of hydrogen-bond acceptors (Lipinski definition) is 4. The van der Waals surface area contributed by atoms with Gasteiger partial charge in [0.05, 0.1) is 12.6 Å².